The summed E-state index contributed by atoms with van der Waals surface area (Å²) < 4.78 is 3.87. The van der Waals surface area contributed by atoms with E-state index in [1.165, 1.54) is 0 Å². The maximum Gasteiger partial charge on any atom is 0.107 e. The summed E-state index contributed by atoms with van der Waals surface area (Å²) in [4.78, 5) is 0. The quantitative estimate of drug-likeness (QED) is 0.786. The number of aromatic nitrogens is 2. The molecule has 0 N–H and O–H groups in total. The van der Waals surface area contributed by atoms with Crippen LogP contribution in [0.1, 0.15) is 0 Å². The summed E-state index contributed by atoms with van der Waals surface area (Å²) in [5.74, 6) is 0. The molecule has 0 atom stereocenters. The molecule has 1 heterocycles. The number of benzene rings is 1. The molecule has 0 radical (unpaired) electrons. The van der Waals surface area contributed by atoms with Crippen LogP contribution in [0, 0.1) is 0 Å². The van der Waals surface area contributed by atoms with Gasteiger partial charge >= 0.3 is 0 Å². The van der Waals surface area contributed by atoms with Gasteiger partial charge in [-0.15, -0.1) is 0 Å². The van der Waals surface area contributed by atoms with E-state index in [2.05, 4.69) is 37.0 Å². The molecule has 1 aromatic heterocycles. The highest BCUT2D eigenvalue weighted by atomic mass is 79.9. The molecule has 0 aliphatic heterocycles. The molecule has 1 aromatic carbocycles. The first-order valence-electron chi connectivity index (χ1n) is 4.12. The Morgan fingerprint density at radius 1 is 1.29 bits per heavy atom. The van der Waals surface area contributed by atoms with Gasteiger partial charge in [0.1, 0.15) is 5.69 Å². The molecule has 0 amide bonds. The Kier molecular flexibility index (Phi) is 2.74. The second-order valence-corrected chi connectivity index (χ2v) is 4.78. The number of halogens is 2. The molecular weight excluding hydrogens is 308 g/mol. The smallest absolute Gasteiger partial charge is 0.107 e. The van der Waals surface area contributed by atoms with Crippen molar-refractivity contribution < 1.29 is 0 Å². The van der Waals surface area contributed by atoms with Gasteiger partial charge in [-0.25, -0.2) is 0 Å². The van der Waals surface area contributed by atoms with Gasteiger partial charge in [0.15, 0.2) is 0 Å². The van der Waals surface area contributed by atoms with Gasteiger partial charge < -0.3 is 0 Å². The van der Waals surface area contributed by atoms with E-state index < -0.39 is 0 Å². The van der Waals surface area contributed by atoms with Gasteiger partial charge in [-0.2, -0.15) is 5.10 Å². The zero-order chi connectivity index (χ0) is 10.1. The summed E-state index contributed by atoms with van der Waals surface area (Å²) in [7, 11) is 1.91. The van der Waals surface area contributed by atoms with Crippen LogP contribution in [0.25, 0.3) is 11.3 Å². The molecule has 0 aliphatic carbocycles. The van der Waals surface area contributed by atoms with Crippen molar-refractivity contribution in [2.45, 2.75) is 0 Å². The van der Waals surface area contributed by atoms with Crippen LogP contribution in [0.3, 0.4) is 0 Å². The standard InChI is InChI=1S/C10H8Br2N2/c1-14-6-9(12)10(13-14)7-3-2-4-8(11)5-7/h2-6H,1H3. The highest BCUT2D eigenvalue weighted by molar-refractivity contribution is 9.10. The van der Waals surface area contributed by atoms with Gasteiger partial charge in [0.25, 0.3) is 0 Å². The van der Waals surface area contributed by atoms with Crippen molar-refractivity contribution in [3.8, 4) is 11.3 Å². The largest absolute Gasteiger partial charge is 0.274 e. The highest BCUT2D eigenvalue weighted by Crippen LogP contribution is 2.27. The monoisotopic (exact) mass is 314 g/mol. The Hall–Kier alpha value is -0.610. The highest BCUT2D eigenvalue weighted by Gasteiger charge is 2.07. The second-order valence-electron chi connectivity index (χ2n) is 3.01. The molecule has 2 nitrogen and oxygen atoms in total. The molecule has 0 aliphatic rings. The number of hydrogen-bond acceptors (Lipinski definition) is 1. The summed E-state index contributed by atoms with van der Waals surface area (Å²) in [5, 5.41) is 4.37. The molecule has 14 heavy (non-hydrogen) atoms. The van der Waals surface area contributed by atoms with Crippen LogP contribution in [0.4, 0.5) is 0 Å². The number of rotatable bonds is 1. The van der Waals surface area contributed by atoms with E-state index in [0.29, 0.717) is 0 Å². The van der Waals surface area contributed by atoms with Crippen molar-refractivity contribution in [3.05, 3.63) is 39.4 Å². The Bertz CT molecular complexity index is 463. The first-order chi connectivity index (χ1) is 6.66. The molecule has 72 valence electrons. The summed E-state index contributed by atoms with van der Waals surface area (Å²) in [6.45, 7) is 0. The third kappa shape index (κ3) is 1.91. The van der Waals surface area contributed by atoms with Crippen LogP contribution in [-0.2, 0) is 7.05 Å². The Morgan fingerprint density at radius 3 is 2.64 bits per heavy atom. The zero-order valence-electron chi connectivity index (χ0n) is 7.54. The molecule has 2 rings (SSSR count). The van der Waals surface area contributed by atoms with Gasteiger partial charge in [-0.3, -0.25) is 4.68 Å². The fourth-order valence-electron chi connectivity index (χ4n) is 1.29. The lowest BCUT2D eigenvalue weighted by atomic mass is 10.2. The van der Waals surface area contributed by atoms with Crippen LogP contribution < -0.4 is 0 Å². The minimum Gasteiger partial charge on any atom is -0.274 e. The fourth-order valence-corrected chi connectivity index (χ4v) is 2.29. The van der Waals surface area contributed by atoms with E-state index in [9.17, 15) is 0 Å². The van der Waals surface area contributed by atoms with Gasteiger partial charge in [-0.05, 0) is 28.1 Å². The van der Waals surface area contributed by atoms with Crippen molar-refractivity contribution in [1.29, 1.82) is 0 Å². The average molecular weight is 316 g/mol. The van der Waals surface area contributed by atoms with E-state index in [1.54, 1.807) is 4.68 Å². The van der Waals surface area contributed by atoms with E-state index >= 15 is 0 Å². The molecular formula is C10H8Br2N2. The third-order valence-electron chi connectivity index (χ3n) is 1.88. The van der Waals surface area contributed by atoms with E-state index in [4.69, 9.17) is 0 Å². The van der Waals surface area contributed by atoms with Crippen LogP contribution >= 0.6 is 31.9 Å². The lowest BCUT2D eigenvalue weighted by Gasteiger charge is -1.97. The predicted molar refractivity (Wildman–Crippen MR) is 64.0 cm³/mol. The van der Waals surface area contributed by atoms with Gasteiger partial charge in [0.2, 0.25) is 0 Å². The van der Waals surface area contributed by atoms with Crippen LogP contribution in [0.2, 0.25) is 0 Å². The van der Waals surface area contributed by atoms with Crippen molar-refractivity contribution in [2.75, 3.05) is 0 Å². The second kappa shape index (κ2) is 3.87. The van der Waals surface area contributed by atoms with Crippen molar-refractivity contribution in [3.63, 3.8) is 0 Å². The number of aryl methyl sites for hydroxylation is 1. The molecule has 4 heteroatoms. The van der Waals surface area contributed by atoms with Crippen LogP contribution in [-0.4, -0.2) is 9.78 Å². The average Bonchev–Trinajstić information content (AvgIpc) is 2.45. The summed E-state index contributed by atoms with van der Waals surface area (Å²) in [5.41, 5.74) is 2.07. The number of nitrogens with zero attached hydrogens (tertiary/aromatic N) is 2. The lowest BCUT2D eigenvalue weighted by Crippen LogP contribution is -1.87. The Labute approximate surface area is 99.2 Å². The SMILES string of the molecule is Cn1cc(Br)c(-c2cccc(Br)c2)n1. The van der Waals surface area contributed by atoms with Crippen LogP contribution in [0.15, 0.2) is 39.4 Å². The van der Waals surface area contributed by atoms with Gasteiger partial charge in [0, 0.05) is 23.3 Å². The molecule has 0 spiro atoms. The zero-order valence-corrected chi connectivity index (χ0v) is 10.7. The molecule has 0 unspecified atom stereocenters. The van der Waals surface area contributed by atoms with Crippen LogP contribution in [0.5, 0.6) is 0 Å². The summed E-state index contributed by atoms with van der Waals surface area (Å²) >= 11 is 6.92. The molecule has 0 bridgehead atoms. The van der Waals surface area contributed by atoms with E-state index in [1.807, 2.05) is 37.5 Å². The lowest BCUT2D eigenvalue weighted by molar-refractivity contribution is 0.770. The van der Waals surface area contributed by atoms with Crippen molar-refractivity contribution in [2.24, 2.45) is 7.05 Å². The van der Waals surface area contributed by atoms with Crippen molar-refractivity contribution >= 4 is 31.9 Å². The summed E-state index contributed by atoms with van der Waals surface area (Å²) in [6, 6.07) is 8.09. The normalized spacial score (nSPS) is 10.5. The molecule has 0 saturated carbocycles. The minimum absolute atomic E-state index is 0.966. The first kappa shape index (κ1) is 9.93. The van der Waals surface area contributed by atoms with Gasteiger partial charge in [-0.1, -0.05) is 28.1 Å². The van der Waals surface area contributed by atoms with Gasteiger partial charge in [0.05, 0.1) is 4.47 Å². The summed E-state index contributed by atoms with van der Waals surface area (Å²) in [6.07, 6.45) is 1.94. The van der Waals surface area contributed by atoms with Crippen molar-refractivity contribution in [1.82, 2.24) is 9.78 Å². The number of hydrogen-bond donors (Lipinski definition) is 0. The van der Waals surface area contributed by atoms with E-state index in [-0.39, 0.29) is 0 Å². The maximum absolute atomic E-state index is 4.37. The Balaban J connectivity index is 2.54. The maximum atomic E-state index is 4.37. The topological polar surface area (TPSA) is 17.8 Å². The predicted octanol–water partition coefficient (Wildman–Crippen LogP) is 3.61. The molecule has 0 fully saturated rings. The molecule has 0 saturated heterocycles. The Morgan fingerprint density at radius 2 is 2.07 bits per heavy atom. The first-order valence-corrected chi connectivity index (χ1v) is 5.70. The minimum atomic E-state index is 0.966. The molecule has 2 aromatic rings. The fraction of sp³-hybridized carbons (Fsp3) is 0.100. The third-order valence-corrected chi connectivity index (χ3v) is 2.96. The van der Waals surface area contributed by atoms with E-state index in [0.717, 1.165) is 20.2 Å².